The number of carbonyl (C=O) groups excluding carboxylic acids is 1. The SMILES string of the molecule is COc1ccc(COC(=O)c2ccc(S(=O)(=O)Nc3ccccc3)cc2)cc1F. The van der Waals surface area contributed by atoms with E-state index < -0.39 is 21.8 Å². The predicted octanol–water partition coefficient (Wildman–Crippen LogP) is 3.99. The fraction of sp³-hybridized carbons (Fsp3) is 0.0952. The molecule has 3 aromatic rings. The lowest BCUT2D eigenvalue weighted by Crippen LogP contribution is -2.13. The third-order valence-corrected chi connectivity index (χ3v) is 5.41. The predicted molar refractivity (Wildman–Crippen MR) is 106 cm³/mol. The summed E-state index contributed by atoms with van der Waals surface area (Å²) in [5.74, 6) is -1.11. The van der Waals surface area contributed by atoms with Gasteiger partial charge >= 0.3 is 5.97 Å². The van der Waals surface area contributed by atoms with Crippen LogP contribution < -0.4 is 9.46 Å². The number of methoxy groups -OCH3 is 1. The Morgan fingerprint density at radius 2 is 1.69 bits per heavy atom. The molecule has 0 saturated carbocycles. The van der Waals surface area contributed by atoms with Gasteiger partial charge in [-0.2, -0.15) is 0 Å². The number of ether oxygens (including phenoxy) is 2. The quantitative estimate of drug-likeness (QED) is 0.590. The first kappa shape index (κ1) is 20.3. The van der Waals surface area contributed by atoms with E-state index in [4.69, 9.17) is 9.47 Å². The number of rotatable bonds is 7. The van der Waals surface area contributed by atoms with Gasteiger partial charge in [-0.15, -0.1) is 0 Å². The molecule has 3 rings (SSSR count). The maximum absolute atomic E-state index is 13.7. The van der Waals surface area contributed by atoms with Gasteiger partial charge in [0.15, 0.2) is 11.6 Å². The fourth-order valence-electron chi connectivity index (χ4n) is 2.52. The van der Waals surface area contributed by atoms with Crippen LogP contribution in [0.3, 0.4) is 0 Å². The summed E-state index contributed by atoms with van der Waals surface area (Å²) in [6, 6.07) is 18.1. The van der Waals surface area contributed by atoms with Gasteiger partial charge < -0.3 is 9.47 Å². The van der Waals surface area contributed by atoms with E-state index in [9.17, 15) is 17.6 Å². The minimum Gasteiger partial charge on any atom is -0.494 e. The van der Waals surface area contributed by atoms with Gasteiger partial charge in [0, 0.05) is 5.69 Å². The molecule has 0 saturated heterocycles. The zero-order valence-electron chi connectivity index (χ0n) is 15.5. The molecule has 0 atom stereocenters. The Hall–Kier alpha value is -3.39. The summed E-state index contributed by atoms with van der Waals surface area (Å²) in [6.07, 6.45) is 0. The first-order valence-electron chi connectivity index (χ1n) is 8.56. The third kappa shape index (κ3) is 5.11. The summed E-state index contributed by atoms with van der Waals surface area (Å²) in [5.41, 5.74) is 1.07. The number of carbonyl (C=O) groups is 1. The number of esters is 1. The van der Waals surface area contributed by atoms with Crippen LogP contribution in [-0.4, -0.2) is 21.5 Å². The Balaban J connectivity index is 1.64. The number of benzene rings is 3. The Labute approximate surface area is 168 Å². The summed E-state index contributed by atoms with van der Waals surface area (Å²) < 4.78 is 50.9. The highest BCUT2D eigenvalue weighted by Gasteiger charge is 2.16. The average molecular weight is 415 g/mol. The zero-order chi connectivity index (χ0) is 20.9. The Kier molecular flexibility index (Phi) is 6.13. The first-order chi connectivity index (χ1) is 13.9. The lowest BCUT2D eigenvalue weighted by atomic mass is 10.2. The number of hydrogen-bond donors (Lipinski definition) is 1. The molecule has 0 aliphatic rings. The van der Waals surface area contributed by atoms with Crippen LogP contribution in [0.25, 0.3) is 0 Å². The summed E-state index contributed by atoms with van der Waals surface area (Å²) in [4.78, 5) is 12.2. The van der Waals surface area contributed by atoms with Gasteiger partial charge in [0.1, 0.15) is 6.61 Å². The number of hydrogen-bond acceptors (Lipinski definition) is 5. The molecule has 0 amide bonds. The van der Waals surface area contributed by atoms with E-state index in [1.807, 2.05) is 0 Å². The van der Waals surface area contributed by atoms with Gasteiger partial charge in [0.25, 0.3) is 10.0 Å². The topological polar surface area (TPSA) is 81.7 Å². The molecule has 0 heterocycles. The van der Waals surface area contributed by atoms with E-state index in [1.165, 1.54) is 43.5 Å². The number of anilines is 1. The van der Waals surface area contributed by atoms with Crippen molar-refractivity contribution in [1.29, 1.82) is 0 Å². The second-order valence-corrected chi connectivity index (χ2v) is 7.72. The molecule has 0 aliphatic heterocycles. The smallest absolute Gasteiger partial charge is 0.338 e. The summed E-state index contributed by atoms with van der Waals surface area (Å²) in [5, 5.41) is 0. The molecule has 1 N–H and O–H groups in total. The van der Waals surface area contributed by atoms with Crippen LogP contribution in [0.2, 0.25) is 0 Å². The van der Waals surface area contributed by atoms with Gasteiger partial charge in [-0.3, -0.25) is 4.72 Å². The fourth-order valence-corrected chi connectivity index (χ4v) is 3.58. The molecule has 0 unspecified atom stereocenters. The highest BCUT2D eigenvalue weighted by molar-refractivity contribution is 7.92. The van der Waals surface area contributed by atoms with Gasteiger partial charge in [-0.05, 0) is 54.1 Å². The molecular weight excluding hydrogens is 397 g/mol. The minimum absolute atomic E-state index is 0.00938. The van der Waals surface area contributed by atoms with Gasteiger partial charge in [0.2, 0.25) is 0 Å². The molecule has 0 aromatic heterocycles. The Morgan fingerprint density at radius 1 is 1.00 bits per heavy atom. The first-order valence-corrected chi connectivity index (χ1v) is 10.0. The van der Waals surface area contributed by atoms with Crippen LogP contribution in [0.1, 0.15) is 15.9 Å². The lowest BCUT2D eigenvalue weighted by Gasteiger charge is -2.09. The summed E-state index contributed by atoms with van der Waals surface area (Å²) in [7, 11) is -2.42. The van der Waals surface area contributed by atoms with Crippen LogP contribution in [0.15, 0.2) is 77.7 Å². The van der Waals surface area contributed by atoms with Crippen molar-refractivity contribution < 1.29 is 27.1 Å². The Morgan fingerprint density at radius 3 is 2.31 bits per heavy atom. The van der Waals surface area contributed by atoms with Crippen molar-refractivity contribution in [3.05, 3.63) is 89.7 Å². The maximum Gasteiger partial charge on any atom is 0.338 e. The highest BCUT2D eigenvalue weighted by atomic mass is 32.2. The normalized spacial score (nSPS) is 11.0. The minimum atomic E-state index is -3.78. The van der Waals surface area contributed by atoms with E-state index in [0.717, 1.165) is 0 Å². The molecule has 29 heavy (non-hydrogen) atoms. The van der Waals surface area contributed by atoms with Crippen molar-refractivity contribution in [3.8, 4) is 5.75 Å². The van der Waals surface area contributed by atoms with E-state index in [0.29, 0.717) is 11.3 Å². The van der Waals surface area contributed by atoms with Gasteiger partial charge in [-0.1, -0.05) is 24.3 Å². The van der Waals surface area contributed by atoms with Crippen LogP contribution in [0.5, 0.6) is 5.75 Å². The van der Waals surface area contributed by atoms with Crippen LogP contribution >= 0.6 is 0 Å². The second kappa shape index (κ2) is 8.74. The summed E-state index contributed by atoms with van der Waals surface area (Å²) >= 11 is 0. The second-order valence-electron chi connectivity index (χ2n) is 6.04. The number of sulfonamides is 1. The number of para-hydroxylation sites is 1. The number of halogens is 1. The van der Waals surface area contributed by atoms with Crippen molar-refractivity contribution in [1.82, 2.24) is 0 Å². The van der Waals surface area contributed by atoms with Gasteiger partial charge in [-0.25, -0.2) is 17.6 Å². The molecule has 6 nitrogen and oxygen atoms in total. The van der Waals surface area contributed by atoms with Crippen molar-refractivity contribution in [3.63, 3.8) is 0 Å². The molecule has 0 spiro atoms. The van der Waals surface area contributed by atoms with Crippen LogP contribution in [0, 0.1) is 5.82 Å². The summed E-state index contributed by atoms with van der Waals surface area (Å²) in [6.45, 7) is -0.130. The van der Waals surface area contributed by atoms with Crippen LogP contribution in [-0.2, 0) is 21.4 Å². The lowest BCUT2D eigenvalue weighted by molar-refractivity contribution is 0.0472. The zero-order valence-corrected chi connectivity index (χ0v) is 16.3. The van der Waals surface area contributed by atoms with E-state index in [1.54, 1.807) is 36.4 Å². The molecular formula is C21H18FNO5S. The van der Waals surface area contributed by atoms with Crippen molar-refractivity contribution in [2.75, 3.05) is 11.8 Å². The average Bonchev–Trinajstić information content (AvgIpc) is 2.72. The monoisotopic (exact) mass is 415 g/mol. The van der Waals surface area contributed by atoms with Gasteiger partial charge in [0.05, 0.1) is 17.6 Å². The van der Waals surface area contributed by atoms with Crippen LogP contribution in [0.4, 0.5) is 10.1 Å². The molecule has 150 valence electrons. The maximum atomic E-state index is 13.7. The Bertz CT molecular complexity index is 1100. The standard InChI is InChI=1S/C21H18FNO5S/c1-27-20-12-7-15(13-19(20)22)14-28-21(24)16-8-10-18(11-9-16)29(25,26)23-17-5-3-2-4-6-17/h2-13,23H,14H2,1H3. The van der Waals surface area contributed by atoms with Crippen molar-refractivity contribution >= 4 is 21.7 Å². The molecule has 8 heteroatoms. The molecule has 0 aliphatic carbocycles. The highest BCUT2D eigenvalue weighted by Crippen LogP contribution is 2.19. The number of nitrogens with one attached hydrogen (secondary N) is 1. The molecule has 0 fully saturated rings. The van der Waals surface area contributed by atoms with Crippen molar-refractivity contribution in [2.24, 2.45) is 0 Å². The largest absolute Gasteiger partial charge is 0.494 e. The molecule has 3 aromatic carbocycles. The molecule has 0 radical (unpaired) electrons. The van der Waals surface area contributed by atoms with Crippen molar-refractivity contribution in [2.45, 2.75) is 11.5 Å². The molecule has 0 bridgehead atoms. The van der Waals surface area contributed by atoms with E-state index >= 15 is 0 Å². The van der Waals surface area contributed by atoms with E-state index in [-0.39, 0.29) is 22.8 Å². The third-order valence-electron chi connectivity index (χ3n) is 4.01. The van der Waals surface area contributed by atoms with E-state index in [2.05, 4.69) is 4.72 Å².